The molecule has 5 heteroatoms. The van der Waals surface area contributed by atoms with Crippen LogP contribution in [0, 0.1) is 11.8 Å². The highest BCUT2D eigenvalue weighted by Gasteiger charge is 2.25. The Morgan fingerprint density at radius 2 is 1.80 bits per heavy atom. The lowest BCUT2D eigenvalue weighted by Gasteiger charge is -2.34. The molecule has 0 aromatic carbocycles. The number of nitrogens with zero attached hydrogens (tertiary/aromatic N) is 1. The molecule has 1 saturated carbocycles. The van der Waals surface area contributed by atoms with Crippen LogP contribution in [-0.2, 0) is 11.2 Å². The summed E-state index contributed by atoms with van der Waals surface area (Å²) in [5.41, 5.74) is 0. The second-order valence-corrected chi connectivity index (χ2v) is 7.85. The van der Waals surface area contributed by atoms with Gasteiger partial charge < -0.3 is 19.8 Å². The molecule has 2 heterocycles. The number of nitrogens with one attached hydrogen (secondary N) is 2. The Morgan fingerprint density at radius 1 is 1.08 bits per heavy atom. The van der Waals surface area contributed by atoms with Crippen molar-refractivity contribution in [1.82, 2.24) is 10.6 Å². The smallest absolute Gasteiger partial charge is 0.191 e. The molecule has 0 radical (unpaired) electrons. The standard InChI is InChI=1S/C20H33N3O2/c1-15-12-16(2)14-18(13-15)23-20(22-17-6-10-24-11-7-17)21-8-5-19-4-3-9-25-19/h3-4,9,15-18H,5-8,10-14H2,1-2H3,(H2,21,22,23). The van der Waals surface area contributed by atoms with Gasteiger partial charge in [0.25, 0.3) is 0 Å². The van der Waals surface area contributed by atoms with E-state index >= 15 is 0 Å². The molecule has 2 fully saturated rings. The molecule has 3 rings (SSSR count). The van der Waals surface area contributed by atoms with Gasteiger partial charge >= 0.3 is 0 Å². The van der Waals surface area contributed by atoms with Crippen LogP contribution in [0.25, 0.3) is 0 Å². The van der Waals surface area contributed by atoms with Crippen molar-refractivity contribution in [3.63, 3.8) is 0 Å². The third-order valence-electron chi connectivity index (χ3n) is 5.29. The minimum Gasteiger partial charge on any atom is -0.469 e. The number of hydrogen-bond donors (Lipinski definition) is 2. The van der Waals surface area contributed by atoms with Crippen molar-refractivity contribution in [3.8, 4) is 0 Å². The summed E-state index contributed by atoms with van der Waals surface area (Å²) in [6.07, 6.45) is 8.48. The molecule has 1 saturated heterocycles. The summed E-state index contributed by atoms with van der Waals surface area (Å²) in [6.45, 7) is 7.15. The average Bonchev–Trinajstić information content (AvgIpc) is 3.08. The number of guanidine groups is 1. The number of aliphatic imine (C=N–C) groups is 1. The van der Waals surface area contributed by atoms with Gasteiger partial charge in [-0.2, -0.15) is 0 Å². The predicted octanol–water partition coefficient (Wildman–Crippen LogP) is 3.36. The maximum atomic E-state index is 5.48. The molecule has 1 aliphatic carbocycles. The number of furan rings is 1. The third-order valence-corrected chi connectivity index (χ3v) is 5.29. The summed E-state index contributed by atoms with van der Waals surface area (Å²) < 4.78 is 10.9. The Kier molecular flexibility index (Phi) is 6.79. The van der Waals surface area contributed by atoms with Crippen molar-refractivity contribution in [2.45, 2.75) is 64.5 Å². The van der Waals surface area contributed by atoms with E-state index in [4.69, 9.17) is 14.1 Å². The molecule has 0 bridgehead atoms. The summed E-state index contributed by atoms with van der Waals surface area (Å²) in [5.74, 6) is 3.53. The van der Waals surface area contributed by atoms with Crippen LogP contribution in [0.5, 0.6) is 0 Å². The van der Waals surface area contributed by atoms with Gasteiger partial charge in [-0.05, 0) is 56.1 Å². The van der Waals surface area contributed by atoms with Gasteiger partial charge in [0.05, 0.1) is 6.26 Å². The molecule has 0 amide bonds. The molecular weight excluding hydrogens is 314 g/mol. The Labute approximate surface area is 151 Å². The molecule has 2 atom stereocenters. The zero-order chi connectivity index (χ0) is 17.5. The SMILES string of the molecule is CC1CC(C)CC(NC(=NCCc2ccco2)NC2CCOCC2)C1. The fourth-order valence-corrected chi connectivity index (χ4v) is 4.16. The van der Waals surface area contributed by atoms with E-state index in [9.17, 15) is 0 Å². The van der Waals surface area contributed by atoms with Crippen molar-refractivity contribution in [2.24, 2.45) is 16.8 Å². The van der Waals surface area contributed by atoms with E-state index in [-0.39, 0.29) is 0 Å². The van der Waals surface area contributed by atoms with Crippen LogP contribution in [0.15, 0.2) is 27.8 Å². The fourth-order valence-electron chi connectivity index (χ4n) is 4.16. The van der Waals surface area contributed by atoms with Crippen LogP contribution < -0.4 is 10.6 Å². The topological polar surface area (TPSA) is 58.8 Å². The zero-order valence-corrected chi connectivity index (χ0v) is 15.7. The minimum absolute atomic E-state index is 0.460. The van der Waals surface area contributed by atoms with Crippen LogP contribution in [0.1, 0.15) is 51.7 Å². The van der Waals surface area contributed by atoms with Gasteiger partial charge in [0.2, 0.25) is 0 Å². The van der Waals surface area contributed by atoms with E-state index in [0.717, 1.165) is 62.6 Å². The molecule has 1 aliphatic heterocycles. The van der Waals surface area contributed by atoms with Gasteiger partial charge in [0.15, 0.2) is 5.96 Å². The van der Waals surface area contributed by atoms with Crippen LogP contribution in [-0.4, -0.2) is 37.8 Å². The van der Waals surface area contributed by atoms with Crippen molar-refractivity contribution in [2.75, 3.05) is 19.8 Å². The number of rotatable bonds is 5. The third kappa shape index (κ3) is 6.07. The van der Waals surface area contributed by atoms with Gasteiger partial charge in [-0.3, -0.25) is 4.99 Å². The lowest BCUT2D eigenvalue weighted by atomic mass is 9.80. The van der Waals surface area contributed by atoms with Crippen LogP contribution in [0.2, 0.25) is 0 Å². The van der Waals surface area contributed by atoms with E-state index in [1.807, 2.05) is 12.1 Å². The van der Waals surface area contributed by atoms with Gasteiger partial charge in [0, 0.05) is 38.3 Å². The lowest BCUT2D eigenvalue weighted by molar-refractivity contribution is 0.0821. The van der Waals surface area contributed by atoms with Crippen LogP contribution in [0.3, 0.4) is 0 Å². The monoisotopic (exact) mass is 347 g/mol. The second-order valence-electron chi connectivity index (χ2n) is 7.85. The normalized spacial score (nSPS) is 28.7. The first-order valence-corrected chi connectivity index (χ1v) is 9.86. The summed E-state index contributed by atoms with van der Waals surface area (Å²) in [5, 5.41) is 7.35. The first-order valence-electron chi connectivity index (χ1n) is 9.86. The summed E-state index contributed by atoms with van der Waals surface area (Å²) in [7, 11) is 0. The van der Waals surface area contributed by atoms with Gasteiger partial charge in [-0.25, -0.2) is 0 Å². The van der Waals surface area contributed by atoms with Crippen molar-refractivity contribution in [3.05, 3.63) is 24.2 Å². The Bertz CT molecular complexity index is 513. The highest BCUT2D eigenvalue weighted by Crippen LogP contribution is 2.28. The van der Waals surface area contributed by atoms with Crippen molar-refractivity contribution < 1.29 is 9.15 Å². The summed E-state index contributed by atoms with van der Waals surface area (Å²) >= 11 is 0. The van der Waals surface area contributed by atoms with Crippen molar-refractivity contribution in [1.29, 1.82) is 0 Å². The van der Waals surface area contributed by atoms with E-state index in [1.54, 1.807) is 6.26 Å². The molecule has 140 valence electrons. The fraction of sp³-hybridized carbons (Fsp3) is 0.750. The Morgan fingerprint density at radius 3 is 2.48 bits per heavy atom. The average molecular weight is 348 g/mol. The highest BCUT2D eigenvalue weighted by atomic mass is 16.5. The lowest BCUT2D eigenvalue weighted by Crippen LogP contribution is -2.50. The van der Waals surface area contributed by atoms with Gasteiger partial charge in [0.1, 0.15) is 5.76 Å². The molecule has 2 aliphatic rings. The summed E-state index contributed by atoms with van der Waals surface area (Å²) in [6, 6.07) is 4.93. The number of hydrogen-bond acceptors (Lipinski definition) is 3. The molecule has 0 spiro atoms. The molecule has 2 unspecified atom stereocenters. The van der Waals surface area contributed by atoms with E-state index < -0.39 is 0 Å². The highest BCUT2D eigenvalue weighted by molar-refractivity contribution is 5.80. The molecule has 2 N–H and O–H groups in total. The maximum absolute atomic E-state index is 5.48. The molecule has 1 aromatic rings. The van der Waals surface area contributed by atoms with E-state index in [0.29, 0.717) is 12.1 Å². The first kappa shape index (κ1) is 18.3. The molecule has 25 heavy (non-hydrogen) atoms. The zero-order valence-electron chi connectivity index (χ0n) is 15.7. The van der Waals surface area contributed by atoms with Crippen LogP contribution in [0.4, 0.5) is 0 Å². The second kappa shape index (κ2) is 9.27. The quantitative estimate of drug-likeness (QED) is 0.633. The predicted molar refractivity (Wildman–Crippen MR) is 101 cm³/mol. The Hall–Kier alpha value is -1.49. The van der Waals surface area contributed by atoms with Gasteiger partial charge in [-0.15, -0.1) is 0 Å². The first-order chi connectivity index (χ1) is 12.2. The minimum atomic E-state index is 0.460. The van der Waals surface area contributed by atoms with E-state index in [2.05, 4.69) is 24.5 Å². The molecular formula is C20H33N3O2. The van der Waals surface area contributed by atoms with E-state index in [1.165, 1.54) is 19.3 Å². The largest absolute Gasteiger partial charge is 0.469 e. The van der Waals surface area contributed by atoms with Crippen LogP contribution >= 0.6 is 0 Å². The number of ether oxygens (including phenoxy) is 1. The van der Waals surface area contributed by atoms with Crippen molar-refractivity contribution >= 4 is 5.96 Å². The van der Waals surface area contributed by atoms with Gasteiger partial charge in [-0.1, -0.05) is 13.8 Å². The summed E-state index contributed by atoms with van der Waals surface area (Å²) in [4.78, 5) is 4.83. The maximum Gasteiger partial charge on any atom is 0.191 e. The molecule has 5 nitrogen and oxygen atoms in total. The molecule has 1 aromatic heterocycles. The Balaban J connectivity index is 1.58.